The van der Waals surface area contributed by atoms with Gasteiger partial charge in [0.05, 0.1) is 23.7 Å². The highest BCUT2D eigenvalue weighted by Crippen LogP contribution is 2.28. The van der Waals surface area contributed by atoms with E-state index in [9.17, 15) is 13.2 Å². The third-order valence-corrected chi connectivity index (χ3v) is 7.77. The van der Waals surface area contributed by atoms with Gasteiger partial charge in [-0.3, -0.25) is 4.79 Å². The molecule has 2 aliphatic rings. The summed E-state index contributed by atoms with van der Waals surface area (Å²) in [5, 5.41) is 0. The fourth-order valence-electron chi connectivity index (χ4n) is 3.33. The molecule has 0 spiro atoms. The van der Waals surface area contributed by atoms with Crippen LogP contribution in [0.1, 0.15) is 30.1 Å². The second-order valence-corrected chi connectivity index (χ2v) is 9.64. The highest BCUT2D eigenvalue weighted by molar-refractivity contribution is 7.98. The lowest BCUT2D eigenvalue weighted by Gasteiger charge is -2.31. The third kappa shape index (κ3) is 4.08. The summed E-state index contributed by atoms with van der Waals surface area (Å²) in [6, 6.07) is 4.90. The van der Waals surface area contributed by atoms with E-state index in [4.69, 9.17) is 4.74 Å². The molecule has 0 aliphatic carbocycles. The van der Waals surface area contributed by atoms with E-state index < -0.39 is 10.0 Å². The molecule has 0 bridgehead atoms. The number of piperidine rings is 1. The lowest BCUT2D eigenvalue weighted by atomic mass is 9.98. The van der Waals surface area contributed by atoms with Crippen molar-refractivity contribution in [3.8, 4) is 0 Å². The predicted octanol–water partition coefficient (Wildman–Crippen LogP) is 2.30. The number of amides is 1. The zero-order chi connectivity index (χ0) is 18.7. The van der Waals surface area contributed by atoms with E-state index in [0.29, 0.717) is 37.8 Å². The fraction of sp³-hybridized carbons (Fsp3) is 0.611. The lowest BCUT2D eigenvalue weighted by molar-refractivity contribution is 0.0693. The first-order chi connectivity index (χ1) is 12.4. The Bertz CT molecular complexity index is 752. The van der Waals surface area contributed by atoms with Crippen LogP contribution in [0.15, 0.2) is 28.0 Å². The minimum absolute atomic E-state index is 0.0692. The molecule has 2 fully saturated rings. The first-order valence-electron chi connectivity index (χ1n) is 8.98. The van der Waals surface area contributed by atoms with Gasteiger partial charge in [0, 0.05) is 31.1 Å². The van der Waals surface area contributed by atoms with Crippen molar-refractivity contribution in [3.05, 3.63) is 23.8 Å². The number of hydrogen-bond donors (Lipinski definition) is 0. The van der Waals surface area contributed by atoms with Crippen molar-refractivity contribution < 1.29 is 17.9 Å². The highest BCUT2D eigenvalue weighted by Gasteiger charge is 2.29. The van der Waals surface area contributed by atoms with E-state index in [1.54, 1.807) is 18.2 Å². The summed E-state index contributed by atoms with van der Waals surface area (Å²) in [4.78, 5) is 15.9. The van der Waals surface area contributed by atoms with Gasteiger partial charge in [-0.1, -0.05) is 6.92 Å². The highest BCUT2D eigenvalue weighted by atomic mass is 32.2. The maximum atomic E-state index is 13.0. The van der Waals surface area contributed by atoms with Crippen molar-refractivity contribution in [2.24, 2.45) is 5.92 Å². The first-order valence-corrected chi connectivity index (χ1v) is 11.6. The van der Waals surface area contributed by atoms with Crippen LogP contribution >= 0.6 is 11.8 Å². The summed E-state index contributed by atoms with van der Waals surface area (Å²) >= 11 is 1.47. The Kier molecular flexibility index (Phi) is 6.27. The van der Waals surface area contributed by atoms with E-state index in [1.807, 2.05) is 11.2 Å². The van der Waals surface area contributed by atoms with Crippen molar-refractivity contribution in [2.45, 2.75) is 29.6 Å². The van der Waals surface area contributed by atoms with E-state index in [-0.39, 0.29) is 10.8 Å². The Balaban J connectivity index is 1.90. The van der Waals surface area contributed by atoms with Gasteiger partial charge in [0.15, 0.2) is 0 Å². The van der Waals surface area contributed by atoms with Crippen LogP contribution in [0.2, 0.25) is 0 Å². The maximum absolute atomic E-state index is 13.0. The molecule has 2 aliphatic heterocycles. The molecule has 2 heterocycles. The average Bonchev–Trinajstić information content (AvgIpc) is 2.68. The largest absolute Gasteiger partial charge is 0.379 e. The molecule has 1 amide bonds. The number of rotatable bonds is 4. The number of carbonyl (C=O) groups excluding carboxylic acids is 1. The monoisotopic (exact) mass is 398 g/mol. The first kappa shape index (κ1) is 19.7. The van der Waals surface area contributed by atoms with Crippen molar-refractivity contribution in [1.82, 2.24) is 9.21 Å². The molecule has 6 nitrogen and oxygen atoms in total. The number of nitrogens with zero attached hydrogens (tertiary/aromatic N) is 2. The number of hydrogen-bond acceptors (Lipinski definition) is 5. The zero-order valence-electron chi connectivity index (χ0n) is 15.3. The number of thioether (sulfide) groups is 1. The van der Waals surface area contributed by atoms with E-state index in [2.05, 4.69) is 6.92 Å². The molecule has 1 aromatic rings. The van der Waals surface area contributed by atoms with Crippen LogP contribution in [0.5, 0.6) is 0 Å². The molecule has 26 heavy (non-hydrogen) atoms. The van der Waals surface area contributed by atoms with E-state index in [1.165, 1.54) is 16.1 Å². The molecule has 8 heteroatoms. The molecular weight excluding hydrogens is 372 g/mol. The Morgan fingerprint density at radius 1 is 1.15 bits per heavy atom. The summed E-state index contributed by atoms with van der Waals surface area (Å²) in [5.74, 6) is 0.562. The van der Waals surface area contributed by atoms with Crippen LogP contribution in [-0.2, 0) is 14.8 Å². The molecule has 0 atom stereocenters. The maximum Gasteiger partial charge on any atom is 0.255 e. The van der Waals surface area contributed by atoms with E-state index >= 15 is 0 Å². The number of ether oxygens (including phenoxy) is 1. The van der Waals surface area contributed by atoms with Crippen molar-refractivity contribution in [3.63, 3.8) is 0 Å². The molecule has 144 valence electrons. The van der Waals surface area contributed by atoms with Crippen LogP contribution in [0, 0.1) is 5.92 Å². The predicted molar refractivity (Wildman–Crippen MR) is 102 cm³/mol. The Hall–Kier alpha value is -1.09. The summed E-state index contributed by atoms with van der Waals surface area (Å²) in [6.45, 7) is 5.16. The summed E-state index contributed by atoms with van der Waals surface area (Å²) < 4.78 is 32.5. The summed E-state index contributed by atoms with van der Waals surface area (Å²) in [6.07, 6.45) is 3.89. The smallest absolute Gasteiger partial charge is 0.255 e. The quantitative estimate of drug-likeness (QED) is 0.728. The molecule has 1 aromatic carbocycles. The van der Waals surface area contributed by atoms with Gasteiger partial charge in [0.1, 0.15) is 0 Å². The molecule has 0 unspecified atom stereocenters. The zero-order valence-corrected chi connectivity index (χ0v) is 16.9. The van der Waals surface area contributed by atoms with Gasteiger partial charge >= 0.3 is 0 Å². The van der Waals surface area contributed by atoms with Crippen molar-refractivity contribution >= 4 is 27.7 Å². The Morgan fingerprint density at radius 3 is 2.42 bits per heavy atom. The topological polar surface area (TPSA) is 66.9 Å². The van der Waals surface area contributed by atoms with Crippen LogP contribution in [0.25, 0.3) is 0 Å². The number of sulfonamides is 1. The van der Waals surface area contributed by atoms with Crippen molar-refractivity contribution in [1.29, 1.82) is 0 Å². The number of likely N-dealkylation sites (tertiary alicyclic amines) is 1. The van der Waals surface area contributed by atoms with Crippen LogP contribution in [0.4, 0.5) is 0 Å². The molecule has 0 aromatic heterocycles. The van der Waals surface area contributed by atoms with Gasteiger partial charge in [0.2, 0.25) is 10.0 Å². The van der Waals surface area contributed by atoms with Gasteiger partial charge < -0.3 is 9.64 Å². The van der Waals surface area contributed by atoms with Gasteiger partial charge in [-0.2, -0.15) is 4.31 Å². The van der Waals surface area contributed by atoms with Crippen LogP contribution < -0.4 is 0 Å². The molecule has 0 saturated carbocycles. The third-order valence-electron chi connectivity index (χ3n) is 5.08. The summed E-state index contributed by atoms with van der Waals surface area (Å²) in [5.41, 5.74) is 0.487. The number of benzene rings is 1. The number of morpholine rings is 1. The second-order valence-electron chi connectivity index (χ2n) is 6.85. The minimum Gasteiger partial charge on any atom is -0.379 e. The molecular formula is C18H26N2O4S2. The molecule has 3 rings (SSSR count). The normalized spacial score (nSPS) is 20.3. The standard InChI is InChI=1S/C18H26N2O4S2/c1-14-5-7-19(8-6-14)18(21)16-13-15(3-4-17(16)25-2)26(22,23)20-9-11-24-12-10-20/h3-4,13-14H,5-12H2,1-2H3. The SMILES string of the molecule is CSc1ccc(S(=O)(=O)N2CCOCC2)cc1C(=O)N1CCC(C)CC1. The van der Waals surface area contributed by atoms with Gasteiger partial charge in [-0.05, 0) is 43.2 Å². The van der Waals surface area contributed by atoms with E-state index in [0.717, 1.165) is 30.8 Å². The van der Waals surface area contributed by atoms with Gasteiger partial charge in [0.25, 0.3) is 5.91 Å². The van der Waals surface area contributed by atoms with Gasteiger partial charge in [-0.15, -0.1) is 11.8 Å². The van der Waals surface area contributed by atoms with Crippen molar-refractivity contribution in [2.75, 3.05) is 45.6 Å². The fourth-order valence-corrected chi connectivity index (χ4v) is 5.34. The summed E-state index contributed by atoms with van der Waals surface area (Å²) in [7, 11) is -3.61. The lowest BCUT2D eigenvalue weighted by Crippen LogP contribution is -2.41. The number of carbonyl (C=O) groups is 1. The van der Waals surface area contributed by atoms with Gasteiger partial charge in [-0.25, -0.2) is 8.42 Å². The molecule has 0 N–H and O–H groups in total. The van der Waals surface area contributed by atoms with Crippen LogP contribution in [-0.4, -0.2) is 69.2 Å². The minimum atomic E-state index is -3.61. The molecule has 0 radical (unpaired) electrons. The van der Waals surface area contributed by atoms with Crippen LogP contribution in [0.3, 0.4) is 0 Å². The average molecular weight is 399 g/mol. The second kappa shape index (κ2) is 8.29. The molecule has 2 saturated heterocycles. The Morgan fingerprint density at radius 2 is 1.81 bits per heavy atom. The Labute approximate surface area is 159 Å².